The minimum Gasteiger partial charge on any atom is -0.446 e. The minimum atomic E-state index is -4.66. The van der Waals surface area contributed by atoms with Crippen LogP contribution in [0.2, 0.25) is 0 Å². The van der Waals surface area contributed by atoms with Gasteiger partial charge in [0.05, 0.1) is 15.2 Å². The molecule has 0 aliphatic carbocycles. The van der Waals surface area contributed by atoms with E-state index in [-0.39, 0.29) is 24.9 Å². The number of thioether (sulfide) groups is 2. The van der Waals surface area contributed by atoms with Crippen molar-refractivity contribution in [3.05, 3.63) is 54.4 Å². The van der Waals surface area contributed by atoms with Gasteiger partial charge in [-0.05, 0) is 43.7 Å². The van der Waals surface area contributed by atoms with Gasteiger partial charge in [0, 0.05) is 11.4 Å². The molecule has 3 heterocycles. The number of ether oxygens (including phenoxy) is 1. The lowest BCUT2D eigenvalue weighted by Gasteiger charge is -2.17. The highest BCUT2D eigenvalue weighted by Crippen LogP contribution is 2.46. The molecule has 15 heteroatoms. The van der Waals surface area contributed by atoms with E-state index in [2.05, 4.69) is 15.7 Å². The van der Waals surface area contributed by atoms with Crippen molar-refractivity contribution < 1.29 is 28.7 Å². The number of allylic oxidation sites excluding steroid dienone is 1. The third-order valence-electron chi connectivity index (χ3n) is 5.13. The first kappa shape index (κ1) is 26.9. The molecule has 10 nitrogen and oxygen atoms in total. The largest absolute Gasteiger partial charge is 0.446 e. The molecule has 36 heavy (non-hydrogen) atoms. The van der Waals surface area contributed by atoms with Crippen molar-refractivity contribution >= 4 is 88.0 Å². The molecule has 0 radical (unpaired) electrons. The molecule has 0 bridgehead atoms. The van der Waals surface area contributed by atoms with Crippen LogP contribution in [0.4, 0.5) is 5.69 Å². The van der Waals surface area contributed by atoms with Gasteiger partial charge in [0.25, 0.3) is 17.9 Å². The smallest absolute Gasteiger partial charge is 0.345 e. The van der Waals surface area contributed by atoms with Crippen molar-refractivity contribution in [2.45, 2.75) is 25.0 Å². The summed E-state index contributed by atoms with van der Waals surface area (Å²) in [6.45, 7) is 4.52. The second kappa shape index (κ2) is 10.7. The van der Waals surface area contributed by atoms with Gasteiger partial charge in [-0.25, -0.2) is 0 Å². The molecule has 2 aliphatic heterocycles. The van der Waals surface area contributed by atoms with Crippen LogP contribution >= 0.6 is 54.7 Å². The summed E-state index contributed by atoms with van der Waals surface area (Å²) >= 11 is 8.55. The highest BCUT2D eigenvalue weighted by atomic mass is 32.2. The number of hydrogen-bond acceptors (Lipinski definition) is 10. The second-order valence-corrected chi connectivity index (χ2v) is 13.0. The standard InChI is InChI=1S/C21H20N3O7PS4/c1-3-22-13-8-12(2)4-5-14(13)34-16(22)7-6-15-18(26)24(10-32(28,29)30)20(35-15)17-19(27)23(9-31-11-25)21(33)36-17/h4-8,11H,3,9-10H2,1-2H3,(H2,28,29,30)/b15-6+,16-7-,20-17-. The van der Waals surface area contributed by atoms with Crippen LogP contribution in [-0.4, -0.2) is 49.2 Å². The van der Waals surface area contributed by atoms with Gasteiger partial charge in [0.1, 0.15) is 15.9 Å². The number of amides is 1. The molecule has 2 N–H and O–H groups in total. The van der Waals surface area contributed by atoms with Crippen molar-refractivity contribution in [1.29, 1.82) is 0 Å². The molecule has 4 rings (SSSR count). The van der Waals surface area contributed by atoms with Crippen LogP contribution in [-0.2, 0) is 25.2 Å². The maximum Gasteiger partial charge on any atom is 0.345 e. The monoisotopic (exact) mass is 585 g/mol. The van der Waals surface area contributed by atoms with Crippen LogP contribution < -0.4 is 19.7 Å². The maximum atomic E-state index is 13.2. The summed E-state index contributed by atoms with van der Waals surface area (Å²) in [4.78, 5) is 60.1. The lowest BCUT2D eigenvalue weighted by atomic mass is 10.2. The molecule has 2 aromatic rings. The number of carbonyl (C=O) groups excluding carboxylic acids is 2. The fourth-order valence-electron chi connectivity index (χ4n) is 3.57. The molecule has 0 spiro atoms. The van der Waals surface area contributed by atoms with E-state index >= 15 is 0 Å². The number of hydrogen-bond donors (Lipinski definition) is 2. The van der Waals surface area contributed by atoms with Crippen LogP contribution in [0.3, 0.4) is 0 Å². The molecule has 1 saturated heterocycles. The van der Waals surface area contributed by atoms with E-state index in [1.807, 2.05) is 26.0 Å². The number of anilines is 1. The average molecular weight is 586 g/mol. The lowest BCUT2D eigenvalue weighted by Crippen LogP contribution is -2.34. The fraction of sp³-hybridized carbons (Fsp3) is 0.238. The number of fused-ring (bicyclic) bond motifs is 1. The van der Waals surface area contributed by atoms with Gasteiger partial charge < -0.3 is 19.4 Å². The zero-order chi connectivity index (χ0) is 26.2. The molecule has 1 aromatic heterocycles. The topological polar surface area (TPSA) is 129 Å². The SMILES string of the molecule is CCN1/C(=C/C=c2/s/c(=C3\SC(=S)N(COC=O)C3=O)n(CP(=O)(O)O)c2=O)Sc2ccc(C)cc21. The number of carbonyl (C=O) groups is 2. The Kier molecular flexibility index (Phi) is 7.95. The zero-order valence-electron chi connectivity index (χ0n) is 18.9. The first-order valence-corrected chi connectivity index (χ1v) is 15.0. The summed E-state index contributed by atoms with van der Waals surface area (Å²) < 4.78 is 17.7. The first-order valence-electron chi connectivity index (χ1n) is 10.4. The van der Waals surface area contributed by atoms with Crippen LogP contribution in [0, 0.1) is 6.92 Å². The normalized spacial score (nSPS) is 19.0. The summed E-state index contributed by atoms with van der Waals surface area (Å²) in [6.07, 6.45) is 2.48. The predicted octanol–water partition coefficient (Wildman–Crippen LogP) is 1.71. The molecule has 1 fully saturated rings. The zero-order valence-corrected chi connectivity index (χ0v) is 23.1. The summed E-state index contributed by atoms with van der Waals surface area (Å²) in [7, 11) is -4.66. The number of benzene rings is 1. The number of aromatic nitrogens is 1. The summed E-state index contributed by atoms with van der Waals surface area (Å²) in [5.41, 5.74) is 1.56. The van der Waals surface area contributed by atoms with Crippen molar-refractivity contribution in [1.82, 2.24) is 9.47 Å². The average Bonchev–Trinajstić information content (AvgIpc) is 3.41. The molecule has 0 unspecified atom stereocenters. The van der Waals surface area contributed by atoms with Gasteiger partial charge in [0.2, 0.25) is 0 Å². The highest BCUT2D eigenvalue weighted by Gasteiger charge is 2.35. The van der Waals surface area contributed by atoms with Crippen LogP contribution in [0.1, 0.15) is 12.5 Å². The van der Waals surface area contributed by atoms with Crippen LogP contribution in [0.15, 0.2) is 39.0 Å². The van der Waals surface area contributed by atoms with E-state index in [4.69, 9.17) is 12.2 Å². The fourth-order valence-corrected chi connectivity index (χ4v) is 7.84. The molecule has 0 atom stereocenters. The Balaban J connectivity index is 1.83. The highest BCUT2D eigenvalue weighted by molar-refractivity contribution is 8.30. The van der Waals surface area contributed by atoms with Gasteiger partial charge in [-0.2, -0.15) is 0 Å². The number of aryl methyl sites for hydroxylation is 1. The van der Waals surface area contributed by atoms with E-state index in [0.717, 1.165) is 53.7 Å². The third-order valence-corrected chi connectivity index (χ3v) is 9.62. The second-order valence-electron chi connectivity index (χ2n) is 7.62. The molecular formula is C21H20N3O7PS4. The summed E-state index contributed by atoms with van der Waals surface area (Å²) in [6, 6.07) is 6.16. The number of rotatable bonds is 7. The van der Waals surface area contributed by atoms with Gasteiger partial charge in [-0.15, -0.1) is 11.3 Å². The minimum absolute atomic E-state index is 0.0330. The third kappa shape index (κ3) is 5.40. The Bertz CT molecular complexity index is 1520. The van der Waals surface area contributed by atoms with E-state index in [0.29, 0.717) is 6.54 Å². The van der Waals surface area contributed by atoms with Crippen LogP contribution in [0.25, 0.3) is 11.0 Å². The Morgan fingerprint density at radius 2 is 1.92 bits per heavy atom. The number of thiazole rings is 1. The molecule has 1 aromatic carbocycles. The number of nitrogens with zero attached hydrogens (tertiary/aromatic N) is 3. The van der Waals surface area contributed by atoms with E-state index in [1.54, 1.807) is 23.9 Å². The van der Waals surface area contributed by atoms with Gasteiger partial charge >= 0.3 is 7.60 Å². The Morgan fingerprint density at radius 1 is 1.17 bits per heavy atom. The van der Waals surface area contributed by atoms with Crippen molar-refractivity contribution in [2.75, 3.05) is 18.2 Å². The predicted molar refractivity (Wildman–Crippen MR) is 145 cm³/mol. The van der Waals surface area contributed by atoms with Crippen molar-refractivity contribution in [3.63, 3.8) is 0 Å². The van der Waals surface area contributed by atoms with Gasteiger partial charge in [-0.1, -0.05) is 41.8 Å². The van der Waals surface area contributed by atoms with E-state index < -0.39 is 32.1 Å². The summed E-state index contributed by atoms with van der Waals surface area (Å²) in [5.74, 6) is -0.619. The van der Waals surface area contributed by atoms with Crippen LogP contribution in [0.5, 0.6) is 0 Å². The van der Waals surface area contributed by atoms with Gasteiger partial charge in [0.15, 0.2) is 11.1 Å². The van der Waals surface area contributed by atoms with Gasteiger partial charge in [-0.3, -0.25) is 28.4 Å². The molecule has 2 aliphatic rings. The molecule has 1 amide bonds. The van der Waals surface area contributed by atoms with E-state index in [9.17, 15) is 28.7 Å². The van der Waals surface area contributed by atoms with Crippen molar-refractivity contribution in [3.8, 4) is 0 Å². The van der Waals surface area contributed by atoms with Crippen molar-refractivity contribution in [2.24, 2.45) is 0 Å². The molecule has 0 saturated carbocycles. The lowest BCUT2D eigenvalue weighted by molar-refractivity contribution is -0.135. The van der Waals surface area contributed by atoms with E-state index in [1.165, 1.54) is 0 Å². The first-order chi connectivity index (χ1) is 17.0. The Labute approximate surface area is 223 Å². The quantitative estimate of drug-likeness (QED) is 0.280. The molecule has 190 valence electrons. The molecular weight excluding hydrogens is 565 g/mol. The number of thiocarbonyl (C=S) groups is 1. The summed E-state index contributed by atoms with van der Waals surface area (Å²) in [5, 5.41) is 0.895. The maximum absolute atomic E-state index is 13.2. The Hall–Kier alpha value is -2.19. The Morgan fingerprint density at radius 3 is 2.58 bits per heavy atom.